The van der Waals surface area contributed by atoms with Gasteiger partial charge in [0, 0.05) is 19.0 Å². The van der Waals surface area contributed by atoms with E-state index in [1.165, 1.54) is 16.7 Å². The predicted molar refractivity (Wildman–Crippen MR) is 88.7 cm³/mol. The fraction of sp³-hybridized carbons (Fsp3) is 0.316. The van der Waals surface area contributed by atoms with Gasteiger partial charge >= 0.3 is 0 Å². The van der Waals surface area contributed by atoms with Crippen LogP contribution in [0.2, 0.25) is 0 Å². The Morgan fingerprint density at radius 2 is 1.77 bits per heavy atom. The molecule has 3 nitrogen and oxygen atoms in total. The zero-order valence-electron chi connectivity index (χ0n) is 13.1. The Hall–Kier alpha value is -1.97. The first-order chi connectivity index (χ1) is 10.7. The molecule has 0 bridgehead atoms. The van der Waals surface area contributed by atoms with Crippen LogP contribution in [-0.2, 0) is 11.3 Å². The molecule has 2 aromatic rings. The molecule has 0 radical (unpaired) electrons. The van der Waals surface area contributed by atoms with E-state index < -0.39 is 0 Å². The molecule has 0 saturated heterocycles. The minimum atomic E-state index is -0.181. The molecule has 0 saturated carbocycles. The van der Waals surface area contributed by atoms with Gasteiger partial charge in [0.15, 0.2) is 6.29 Å². The molecule has 0 spiro atoms. The number of aldehydes is 1. The lowest BCUT2D eigenvalue weighted by atomic mass is 9.84. The van der Waals surface area contributed by atoms with E-state index in [2.05, 4.69) is 53.4 Å². The molecule has 114 valence electrons. The van der Waals surface area contributed by atoms with Crippen LogP contribution in [-0.4, -0.2) is 42.9 Å². The Morgan fingerprint density at radius 1 is 1.09 bits per heavy atom. The van der Waals surface area contributed by atoms with Gasteiger partial charge in [-0.15, -0.1) is 0 Å². The summed E-state index contributed by atoms with van der Waals surface area (Å²) in [6.45, 7) is 1.68. The Bertz CT molecular complexity index is 639. The van der Waals surface area contributed by atoms with Crippen LogP contribution >= 0.6 is 0 Å². The molecule has 1 aliphatic heterocycles. The van der Waals surface area contributed by atoms with Gasteiger partial charge in [0.2, 0.25) is 0 Å². The van der Waals surface area contributed by atoms with Crippen molar-refractivity contribution in [1.82, 2.24) is 9.80 Å². The highest BCUT2D eigenvalue weighted by atomic mass is 16.1. The van der Waals surface area contributed by atoms with Crippen molar-refractivity contribution in [2.24, 2.45) is 0 Å². The lowest BCUT2D eigenvalue weighted by Gasteiger charge is -2.39. The fourth-order valence-corrected chi connectivity index (χ4v) is 3.34. The lowest BCUT2D eigenvalue weighted by Crippen LogP contribution is -2.49. The highest BCUT2D eigenvalue weighted by molar-refractivity contribution is 5.57. The first-order valence-electron chi connectivity index (χ1n) is 7.69. The van der Waals surface area contributed by atoms with Crippen molar-refractivity contribution in [3.8, 4) is 0 Å². The molecule has 0 amide bonds. The average Bonchev–Trinajstić information content (AvgIpc) is 2.55. The molecule has 3 heteroatoms. The summed E-state index contributed by atoms with van der Waals surface area (Å²) in [5, 5.41) is 0. The second kappa shape index (κ2) is 6.42. The molecule has 22 heavy (non-hydrogen) atoms. The van der Waals surface area contributed by atoms with Gasteiger partial charge in [0.25, 0.3) is 0 Å². The average molecular weight is 294 g/mol. The molecule has 2 aromatic carbocycles. The molecule has 0 fully saturated rings. The number of carbonyl (C=O) groups excluding carboxylic acids is 1. The second-order valence-electron chi connectivity index (χ2n) is 6.10. The van der Waals surface area contributed by atoms with Gasteiger partial charge in [-0.2, -0.15) is 0 Å². The Kier molecular flexibility index (Phi) is 4.36. The quantitative estimate of drug-likeness (QED) is 0.810. The Morgan fingerprint density at radius 3 is 2.45 bits per heavy atom. The standard InChI is InChI=1S/C19H22N2O/c1-20(2)19(14-22)21-12-16-10-6-7-11-17(16)18(13-21)15-8-4-3-5-9-15/h3-11,14,18-19H,12-13H2,1-2H3. The van der Waals surface area contributed by atoms with Crippen LogP contribution in [0.5, 0.6) is 0 Å². The minimum Gasteiger partial charge on any atom is -0.300 e. The number of hydrogen-bond donors (Lipinski definition) is 0. The van der Waals surface area contributed by atoms with E-state index in [0.717, 1.165) is 19.4 Å². The number of nitrogens with zero attached hydrogens (tertiary/aromatic N) is 2. The van der Waals surface area contributed by atoms with Crippen molar-refractivity contribution in [2.75, 3.05) is 20.6 Å². The van der Waals surface area contributed by atoms with Gasteiger partial charge in [-0.25, -0.2) is 0 Å². The third kappa shape index (κ3) is 2.82. The van der Waals surface area contributed by atoms with E-state index in [0.29, 0.717) is 5.92 Å². The molecule has 0 aromatic heterocycles. The maximum Gasteiger partial charge on any atom is 0.151 e. The van der Waals surface area contributed by atoms with Crippen LogP contribution in [0.4, 0.5) is 0 Å². The third-order valence-corrected chi connectivity index (χ3v) is 4.45. The number of carbonyl (C=O) groups is 1. The van der Waals surface area contributed by atoms with Gasteiger partial charge in [0.05, 0.1) is 0 Å². The lowest BCUT2D eigenvalue weighted by molar-refractivity contribution is -0.118. The summed E-state index contributed by atoms with van der Waals surface area (Å²) in [5.74, 6) is 0.313. The SMILES string of the molecule is CN(C)C(C=O)N1Cc2ccccc2C(c2ccccc2)C1. The van der Waals surface area contributed by atoms with Crippen molar-refractivity contribution in [2.45, 2.75) is 18.6 Å². The summed E-state index contributed by atoms with van der Waals surface area (Å²) in [6.07, 6.45) is 0.857. The van der Waals surface area contributed by atoms with Crippen LogP contribution in [0.15, 0.2) is 54.6 Å². The first kappa shape index (κ1) is 14.9. The normalized spacial score (nSPS) is 19.7. The van der Waals surface area contributed by atoms with Crippen molar-refractivity contribution >= 4 is 6.29 Å². The zero-order chi connectivity index (χ0) is 15.5. The molecular formula is C19H22N2O. The summed E-state index contributed by atoms with van der Waals surface area (Å²) >= 11 is 0. The highest BCUT2D eigenvalue weighted by Gasteiger charge is 2.30. The summed E-state index contributed by atoms with van der Waals surface area (Å²) in [7, 11) is 3.91. The summed E-state index contributed by atoms with van der Waals surface area (Å²) in [5.41, 5.74) is 4.01. The molecular weight excluding hydrogens is 272 g/mol. The van der Waals surface area contributed by atoms with Crippen LogP contribution in [0, 0.1) is 0 Å². The topological polar surface area (TPSA) is 23.6 Å². The fourth-order valence-electron chi connectivity index (χ4n) is 3.34. The second-order valence-corrected chi connectivity index (χ2v) is 6.10. The number of fused-ring (bicyclic) bond motifs is 1. The number of rotatable bonds is 4. The monoisotopic (exact) mass is 294 g/mol. The van der Waals surface area contributed by atoms with Gasteiger partial charge in [-0.05, 0) is 30.8 Å². The van der Waals surface area contributed by atoms with Crippen molar-refractivity contribution in [1.29, 1.82) is 0 Å². The smallest absolute Gasteiger partial charge is 0.151 e. The number of likely N-dealkylation sites (N-methyl/N-ethyl adjacent to an activating group) is 1. The number of hydrogen-bond acceptors (Lipinski definition) is 3. The van der Waals surface area contributed by atoms with Crippen molar-refractivity contribution < 1.29 is 4.79 Å². The van der Waals surface area contributed by atoms with E-state index in [9.17, 15) is 4.79 Å². The third-order valence-electron chi connectivity index (χ3n) is 4.45. The van der Waals surface area contributed by atoms with Crippen molar-refractivity contribution in [3.63, 3.8) is 0 Å². The van der Waals surface area contributed by atoms with Crippen molar-refractivity contribution in [3.05, 3.63) is 71.3 Å². The van der Waals surface area contributed by atoms with Gasteiger partial charge < -0.3 is 4.79 Å². The molecule has 3 rings (SSSR count). The summed E-state index contributed by atoms with van der Waals surface area (Å²) in [4.78, 5) is 15.7. The predicted octanol–water partition coefficient (Wildman–Crippen LogP) is 2.72. The maximum atomic E-state index is 11.5. The number of benzene rings is 2. The Labute approximate surface area is 132 Å². The van der Waals surface area contributed by atoms with Gasteiger partial charge in [-0.3, -0.25) is 9.80 Å². The molecule has 1 aliphatic rings. The molecule has 2 atom stereocenters. The van der Waals surface area contributed by atoms with Crippen LogP contribution < -0.4 is 0 Å². The largest absolute Gasteiger partial charge is 0.300 e. The zero-order valence-corrected chi connectivity index (χ0v) is 13.1. The van der Waals surface area contributed by atoms with E-state index in [1.54, 1.807) is 0 Å². The first-order valence-corrected chi connectivity index (χ1v) is 7.69. The van der Waals surface area contributed by atoms with E-state index >= 15 is 0 Å². The minimum absolute atomic E-state index is 0.181. The van der Waals surface area contributed by atoms with Gasteiger partial charge in [-0.1, -0.05) is 54.6 Å². The van der Waals surface area contributed by atoms with Gasteiger partial charge in [0.1, 0.15) is 6.17 Å². The molecule has 2 unspecified atom stereocenters. The maximum absolute atomic E-state index is 11.5. The Balaban J connectivity index is 2.00. The van der Waals surface area contributed by atoms with E-state index in [-0.39, 0.29) is 6.17 Å². The summed E-state index contributed by atoms with van der Waals surface area (Å²) < 4.78 is 0. The van der Waals surface area contributed by atoms with Crippen LogP contribution in [0.3, 0.4) is 0 Å². The highest BCUT2D eigenvalue weighted by Crippen LogP contribution is 2.34. The molecule has 1 heterocycles. The van der Waals surface area contributed by atoms with E-state index in [1.807, 2.05) is 25.1 Å². The van der Waals surface area contributed by atoms with E-state index in [4.69, 9.17) is 0 Å². The molecule has 0 aliphatic carbocycles. The molecule has 0 N–H and O–H groups in total. The van der Waals surface area contributed by atoms with Crippen LogP contribution in [0.25, 0.3) is 0 Å². The van der Waals surface area contributed by atoms with Crippen LogP contribution in [0.1, 0.15) is 22.6 Å². The summed E-state index contributed by atoms with van der Waals surface area (Å²) in [6, 6.07) is 19.1.